The molecule has 6 rings (SSSR count). The van der Waals surface area contributed by atoms with Crippen molar-refractivity contribution < 1.29 is 48.7 Å². The topological polar surface area (TPSA) is 200 Å². The third-order valence-electron chi connectivity index (χ3n) is 9.85. The van der Waals surface area contributed by atoms with Gasteiger partial charge in [-0.15, -0.1) is 5.10 Å². The monoisotopic (exact) mass is 699 g/mol. The van der Waals surface area contributed by atoms with E-state index in [1.165, 1.54) is 0 Å². The zero-order valence-electron chi connectivity index (χ0n) is 27.4. The van der Waals surface area contributed by atoms with Crippen molar-refractivity contribution in [2.75, 3.05) is 16.8 Å². The molecule has 16 heteroatoms. The van der Waals surface area contributed by atoms with Gasteiger partial charge in [0.25, 0.3) is 11.8 Å². The van der Waals surface area contributed by atoms with Crippen LogP contribution in [-0.2, 0) is 44.2 Å². The number of para-hydroxylation sites is 1. The molecule has 2 amide bonds. The quantitative estimate of drug-likeness (QED) is 0.130. The minimum absolute atomic E-state index is 0.0491. The first kappa shape index (κ1) is 35.2. The molecule has 1 spiro atoms. The van der Waals surface area contributed by atoms with Gasteiger partial charge in [-0.25, -0.2) is 0 Å². The number of nitrogens with zero attached hydrogens (tertiary/aromatic N) is 4. The molecule has 3 aromatic rings. The molecule has 0 saturated carbocycles. The second kappa shape index (κ2) is 13.6. The molecule has 14 nitrogen and oxygen atoms in total. The molecule has 0 unspecified atom stereocenters. The van der Waals surface area contributed by atoms with Gasteiger partial charge in [-0.05, 0) is 43.3 Å². The summed E-state index contributed by atoms with van der Waals surface area (Å²) in [5.41, 5.74) is 0.968. The second-order valence-electron chi connectivity index (χ2n) is 13.5. The van der Waals surface area contributed by atoms with Gasteiger partial charge in [0, 0.05) is 48.5 Å². The number of carbonyl (C=O) groups is 2. The number of hydrogen-bond donors (Lipinski definition) is 6. The summed E-state index contributed by atoms with van der Waals surface area (Å²) in [4.78, 5) is 29.2. The molecule has 3 aliphatic heterocycles. The molecule has 0 aliphatic carbocycles. The van der Waals surface area contributed by atoms with Crippen LogP contribution in [0.25, 0.3) is 0 Å². The minimum Gasteiger partial charge on any atom is -0.396 e. The van der Waals surface area contributed by atoms with E-state index in [2.05, 4.69) is 15.6 Å². The fraction of sp³-hybridized carbons (Fsp3) is 0.515. The number of aryl methyl sites for hydroxylation is 1. The third kappa shape index (κ3) is 6.43. The Balaban J connectivity index is 1.23. The van der Waals surface area contributed by atoms with E-state index in [4.69, 9.17) is 9.47 Å². The Morgan fingerprint density at radius 2 is 1.84 bits per heavy atom. The minimum atomic E-state index is -3.38. The Morgan fingerprint density at radius 3 is 2.57 bits per heavy atom. The molecule has 2 fully saturated rings. The number of fused-ring (bicyclic) bond motifs is 2. The average molecular weight is 700 g/mol. The van der Waals surface area contributed by atoms with Crippen LogP contribution in [0, 0.1) is 5.92 Å². The van der Waals surface area contributed by atoms with Crippen molar-refractivity contribution in [1.29, 1.82) is 0 Å². The van der Waals surface area contributed by atoms with Gasteiger partial charge in [-0.3, -0.25) is 14.3 Å². The summed E-state index contributed by atoms with van der Waals surface area (Å²) in [6.07, 6.45) is -6.92. The van der Waals surface area contributed by atoms with Crippen LogP contribution < -0.4 is 10.2 Å². The van der Waals surface area contributed by atoms with Gasteiger partial charge in [0.15, 0.2) is 18.0 Å². The van der Waals surface area contributed by atoms with Gasteiger partial charge in [0.05, 0.1) is 24.0 Å². The lowest BCUT2D eigenvalue weighted by Gasteiger charge is -2.37. The Morgan fingerprint density at radius 1 is 1.08 bits per heavy atom. The molecule has 9 atom stereocenters. The molecule has 2 saturated heterocycles. The molecular weight excluding hydrogens is 657 g/mol. The number of amides is 2. The van der Waals surface area contributed by atoms with Gasteiger partial charge in [0.2, 0.25) is 8.41 Å². The van der Waals surface area contributed by atoms with Crippen molar-refractivity contribution >= 4 is 31.6 Å². The number of benzene rings is 2. The molecule has 0 radical (unpaired) electrons. The lowest BCUT2D eigenvalue weighted by Crippen LogP contribution is -2.60. The van der Waals surface area contributed by atoms with Crippen LogP contribution in [0.5, 0.6) is 0 Å². The van der Waals surface area contributed by atoms with Gasteiger partial charge in [-0.1, -0.05) is 42.5 Å². The molecule has 1 aromatic heterocycles. The van der Waals surface area contributed by atoms with Gasteiger partial charge in [-0.2, -0.15) is 0 Å². The maximum Gasteiger partial charge on any atom is 0.264 e. The highest BCUT2D eigenvalue weighted by Gasteiger charge is 2.66. The lowest BCUT2D eigenvalue weighted by molar-refractivity contribution is -0.274. The van der Waals surface area contributed by atoms with E-state index in [0.29, 0.717) is 47.6 Å². The number of nitrogens with one attached hydrogen (secondary N) is 1. The summed E-state index contributed by atoms with van der Waals surface area (Å²) in [5.74, 6) is -1.65. The molecule has 49 heavy (non-hydrogen) atoms. The van der Waals surface area contributed by atoms with E-state index in [9.17, 15) is 35.1 Å². The number of halogens is 1. The summed E-state index contributed by atoms with van der Waals surface area (Å²) in [7, 11) is -3.38. The Hall–Kier alpha value is -3.61. The predicted octanol–water partition coefficient (Wildman–Crippen LogP) is 0.963. The van der Waals surface area contributed by atoms with Crippen molar-refractivity contribution in [2.45, 2.75) is 93.9 Å². The largest absolute Gasteiger partial charge is 0.396 e. The van der Waals surface area contributed by atoms with Crippen LogP contribution in [0.3, 0.4) is 0 Å². The van der Waals surface area contributed by atoms with E-state index in [1.807, 2.05) is 31.2 Å². The summed E-state index contributed by atoms with van der Waals surface area (Å²) < 4.78 is 29.6. The van der Waals surface area contributed by atoms with Crippen LogP contribution in [0.1, 0.15) is 30.2 Å². The van der Waals surface area contributed by atoms with Gasteiger partial charge < -0.3 is 49.3 Å². The normalized spacial score (nSPS) is 31.4. The Bertz CT molecular complexity index is 1690. The highest BCUT2D eigenvalue weighted by molar-refractivity contribution is 6.72. The first-order chi connectivity index (χ1) is 23.3. The fourth-order valence-electron chi connectivity index (χ4n) is 7.59. The van der Waals surface area contributed by atoms with Gasteiger partial charge in [0.1, 0.15) is 18.3 Å². The molecule has 2 aromatic carbocycles. The third-order valence-corrected chi connectivity index (χ3v) is 12.3. The molecule has 6 N–H and O–H groups in total. The number of carbonyl (C=O) groups excluding carboxylic acids is 2. The number of rotatable bonds is 10. The number of aromatic nitrogens is 3. The van der Waals surface area contributed by atoms with E-state index in [0.717, 1.165) is 0 Å². The van der Waals surface area contributed by atoms with Crippen LogP contribution in [0.15, 0.2) is 54.7 Å². The molecule has 4 heterocycles. The predicted molar refractivity (Wildman–Crippen MR) is 175 cm³/mol. The van der Waals surface area contributed by atoms with Crippen molar-refractivity contribution in [3.8, 4) is 0 Å². The first-order valence-electron chi connectivity index (χ1n) is 16.3. The zero-order valence-corrected chi connectivity index (χ0v) is 28.4. The van der Waals surface area contributed by atoms with Crippen molar-refractivity contribution in [3.05, 3.63) is 71.5 Å². The number of aliphatic hydroxyl groups is 5. The maximum atomic E-state index is 16.1. The number of aliphatic hydroxyl groups excluding tert-OH is 5. The van der Waals surface area contributed by atoms with Gasteiger partial charge >= 0.3 is 0 Å². The molecule has 3 aliphatic rings. The van der Waals surface area contributed by atoms with E-state index >= 15 is 4.11 Å². The Kier molecular flexibility index (Phi) is 9.77. The lowest BCUT2D eigenvalue weighted by atomic mass is 9.82. The molecular formula is C33H42FN5O9Si. The van der Waals surface area contributed by atoms with Crippen LogP contribution in [-0.4, -0.2) is 104 Å². The smallest absolute Gasteiger partial charge is 0.264 e. The highest BCUT2D eigenvalue weighted by atomic mass is 28.4. The van der Waals surface area contributed by atoms with Crippen LogP contribution >= 0.6 is 0 Å². The van der Waals surface area contributed by atoms with Crippen LogP contribution in [0.4, 0.5) is 15.5 Å². The van der Waals surface area contributed by atoms with E-state index in [-0.39, 0.29) is 19.1 Å². The first-order valence-corrected chi connectivity index (χ1v) is 19.3. The Labute approximate surface area is 283 Å². The maximum absolute atomic E-state index is 16.1. The van der Waals surface area contributed by atoms with Crippen molar-refractivity contribution in [3.63, 3.8) is 0 Å². The standard InChI is InChI=1S/C33H42FN5O9Si/c1-18-29(49(2,3)34)24(11-13-38-17-21(12-14-40)36-37-38)48-33(18)22-9-4-5-10-23(22)39(32(33)46)16-19-7-6-8-20(15-19)35-30(44)28-26(42)25(41)27(43)31(45)47-28/h4-10,15,17-18,24-29,31,40-43,45H,11-14,16H2,1-3H3,(H,35,44)/t18-,24+,25+,26+,27-,28+,29-,31-,33+/m1/s1. The number of hydrogen-bond acceptors (Lipinski definition) is 11. The fourth-order valence-corrected chi connectivity index (χ4v) is 10.1. The van der Waals surface area contributed by atoms with E-state index < -0.39 is 68.2 Å². The summed E-state index contributed by atoms with van der Waals surface area (Å²) in [6, 6.07) is 14.0. The van der Waals surface area contributed by atoms with Crippen molar-refractivity contribution in [1.82, 2.24) is 15.0 Å². The zero-order chi connectivity index (χ0) is 35.2. The van der Waals surface area contributed by atoms with E-state index in [1.54, 1.807) is 53.1 Å². The highest BCUT2D eigenvalue weighted by Crippen LogP contribution is 2.60. The number of ether oxygens (including phenoxy) is 2. The summed E-state index contributed by atoms with van der Waals surface area (Å²) in [6.45, 7) is 5.61. The summed E-state index contributed by atoms with van der Waals surface area (Å²) in [5, 5.41) is 59.9. The van der Waals surface area contributed by atoms with Crippen LogP contribution in [0.2, 0.25) is 18.6 Å². The SMILES string of the molecule is C[C@@H]1[C@@H]([Si](C)(C)F)[C@H](CCn2cc(CCO)nn2)O[C@@]12C(=O)N(Cc1cccc(NC(=O)[C@H]3O[C@@H](O)[C@H](O)[C@@H](O)[C@@H]3O)c1)c1ccccc12. The average Bonchev–Trinajstić information content (AvgIpc) is 3.71. The molecule has 264 valence electrons. The summed E-state index contributed by atoms with van der Waals surface area (Å²) >= 11 is 0. The van der Waals surface area contributed by atoms with Crippen molar-refractivity contribution in [2.24, 2.45) is 5.92 Å². The number of anilines is 2. The molecule has 0 bridgehead atoms. The second-order valence-corrected chi connectivity index (χ2v) is 17.3.